The molecule has 0 aromatic heterocycles. The largest absolute Gasteiger partial charge is 0.508 e. The van der Waals surface area contributed by atoms with E-state index in [1.165, 1.54) is 6.07 Å². The van der Waals surface area contributed by atoms with Crippen LogP contribution in [0.1, 0.15) is 43.9 Å². The van der Waals surface area contributed by atoms with Crippen molar-refractivity contribution in [1.29, 1.82) is 0 Å². The van der Waals surface area contributed by atoms with E-state index in [0.29, 0.717) is 36.5 Å². The molecule has 6 nitrogen and oxygen atoms in total. The van der Waals surface area contributed by atoms with E-state index in [2.05, 4.69) is 0 Å². The topological polar surface area (TPSA) is 88.4 Å². The Balaban J connectivity index is 1.83. The molecule has 1 heterocycles. The maximum Gasteiger partial charge on any atom is 0.165 e. The van der Waals surface area contributed by atoms with Gasteiger partial charge in [0.1, 0.15) is 23.4 Å². The monoisotopic (exact) mass is 424 g/mol. The molecule has 6 heteroatoms. The molecule has 31 heavy (non-hydrogen) atoms. The van der Waals surface area contributed by atoms with E-state index in [0.717, 1.165) is 29.4 Å². The lowest BCUT2D eigenvalue weighted by Crippen LogP contribution is -2.33. The Bertz CT molecular complexity index is 1080. The van der Waals surface area contributed by atoms with Gasteiger partial charge < -0.3 is 29.5 Å². The number of phenols is 3. The first-order chi connectivity index (χ1) is 15.0. The van der Waals surface area contributed by atoms with Gasteiger partial charge in [0.2, 0.25) is 0 Å². The molecular formula is C25H28O6. The number of benzene rings is 3. The van der Waals surface area contributed by atoms with Crippen molar-refractivity contribution in [3.05, 3.63) is 53.6 Å². The van der Waals surface area contributed by atoms with Gasteiger partial charge in [-0.3, -0.25) is 0 Å². The van der Waals surface area contributed by atoms with Crippen molar-refractivity contribution in [2.24, 2.45) is 0 Å². The lowest BCUT2D eigenvalue weighted by atomic mass is 9.90. The fourth-order valence-electron chi connectivity index (χ4n) is 4.06. The third kappa shape index (κ3) is 4.08. The molecule has 2 atom stereocenters. The van der Waals surface area contributed by atoms with Crippen LogP contribution in [0.3, 0.4) is 0 Å². The third-order valence-corrected chi connectivity index (χ3v) is 5.48. The molecule has 0 radical (unpaired) electrons. The molecule has 3 N–H and O–H groups in total. The van der Waals surface area contributed by atoms with Crippen molar-refractivity contribution in [3.63, 3.8) is 0 Å². The minimum absolute atomic E-state index is 0.0648. The maximum absolute atomic E-state index is 10.4. The number of ether oxygens (including phenoxy) is 3. The number of phenolic OH excluding ortho intramolecular Hbond substituents is 3. The first-order valence-corrected chi connectivity index (χ1v) is 10.7. The zero-order chi connectivity index (χ0) is 22.0. The SMILES string of the molecule is CCCOc1cc(O)cc2c1C[C@@H](OCCC)[C@H](c1cc(O)c(O)c3ccccc13)O2. The van der Waals surface area contributed by atoms with Crippen molar-refractivity contribution in [1.82, 2.24) is 0 Å². The van der Waals surface area contributed by atoms with Crippen LogP contribution in [0.2, 0.25) is 0 Å². The van der Waals surface area contributed by atoms with Crippen LogP contribution in [0.4, 0.5) is 0 Å². The molecule has 3 aromatic carbocycles. The van der Waals surface area contributed by atoms with Crippen molar-refractivity contribution in [2.45, 2.75) is 45.3 Å². The van der Waals surface area contributed by atoms with Crippen LogP contribution in [0.15, 0.2) is 42.5 Å². The second-order valence-electron chi connectivity index (χ2n) is 7.80. The van der Waals surface area contributed by atoms with Crippen LogP contribution in [-0.2, 0) is 11.2 Å². The number of aromatic hydroxyl groups is 3. The summed E-state index contributed by atoms with van der Waals surface area (Å²) in [6, 6.07) is 12.1. The van der Waals surface area contributed by atoms with Crippen LogP contribution >= 0.6 is 0 Å². The van der Waals surface area contributed by atoms with E-state index >= 15 is 0 Å². The Morgan fingerprint density at radius 1 is 0.968 bits per heavy atom. The first-order valence-electron chi connectivity index (χ1n) is 10.7. The smallest absolute Gasteiger partial charge is 0.165 e. The van der Waals surface area contributed by atoms with Crippen LogP contribution < -0.4 is 9.47 Å². The normalized spacial score (nSPS) is 17.9. The van der Waals surface area contributed by atoms with E-state index in [4.69, 9.17) is 14.2 Å². The summed E-state index contributed by atoms with van der Waals surface area (Å²) in [5, 5.41) is 32.2. The highest BCUT2D eigenvalue weighted by atomic mass is 16.5. The van der Waals surface area contributed by atoms with Gasteiger partial charge in [-0.15, -0.1) is 0 Å². The molecule has 0 fully saturated rings. The molecule has 4 rings (SSSR count). The molecular weight excluding hydrogens is 396 g/mol. The summed E-state index contributed by atoms with van der Waals surface area (Å²) in [5.74, 6) is 0.826. The Hall–Kier alpha value is -3.12. The number of hydrogen-bond acceptors (Lipinski definition) is 6. The van der Waals surface area contributed by atoms with Crippen LogP contribution in [0, 0.1) is 0 Å². The van der Waals surface area contributed by atoms with E-state index in [9.17, 15) is 15.3 Å². The molecule has 0 amide bonds. The molecule has 0 unspecified atom stereocenters. The lowest BCUT2D eigenvalue weighted by molar-refractivity contribution is -0.0375. The van der Waals surface area contributed by atoms with Gasteiger partial charge in [-0.25, -0.2) is 0 Å². The predicted octanol–water partition coefficient (Wildman–Crippen LogP) is 5.22. The molecule has 0 spiro atoms. The minimum atomic E-state index is -0.531. The molecule has 1 aliphatic heterocycles. The summed E-state index contributed by atoms with van der Waals surface area (Å²) >= 11 is 0. The summed E-state index contributed by atoms with van der Waals surface area (Å²) in [6.07, 6.45) is 1.38. The second-order valence-corrected chi connectivity index (χ2v) is 7.80. The van der Waals surface area contributed by atoms with Gasteiger partial charge in [0.15, 0.2) is 17.6 Å². The average Bonchev–Trinajstić information content (AvgIpc) is 2.78. The van der Waals surface area contributed by atoms with Gasteiger partial charge in [-0.2, -0.15) is 0 Å². The molecule has 164 valence electrons. The van der Waals surface area contributed by atoms with Crippen LogP contribution in [-0.4, -0.2) is 34.6 Å². The summed E-state index contributed by atoms with van der Waals surface area (Å²) in [4.78, 5) is 0. The quantitative estimate of drug-likeness (QED) is 0.451. The zero-order valence-corrected chi connectivity index (χ0v) is 17.8. The van der Waals surface area contributed by atoms with Gasteiger partial charge >= 0.3 is 0 Å². The summed E-state index contributed by atoms with van der Waals surface area (Å²) < 4.78 is 18.4. The third-order valence-electron chi connectivity index (χ3n) is 5.48. The van der Waals surface area contributed by atoms with Crippen LogP contribution in [0.5, 0.6) is 28.7 Å². The van der Waals surface area contributed by atoms with Gasteiger partial charge in [0.05, 0.1) is 6.61 Å². The number of hydrogen-bond donors (Lipinski definition) is 3. The van der Waals surface area contributed by atoms with Gasteiger partial charge in [-0.05, 0) is 24.3 Å². The fraction of sp³-hybridized carbons (Fsp3) is 0.360. The summed E-state index contributed by atoms with van der Waals surface area (Å²) in [7, 11) is 0. The summed E-state index contributed by atoms with van der Waals surface area (Å²) in [6.45, 7) is 5.17. The Morgan fingerprint density at radius 3 is 2.45 bits per heavy atom. The predicted molar refractivity (Wildman–Crippen MR) is 118 cm³/mol. The van der Waals surface area contributed by atoms with E-state index in [-0.39, 0.29) is 23.4 Å². The zero-order valence-electron chi connectivity index (χ0n) is 17.8. The van der Waals surface area contributed by atoms with Crippen molar-refractivity contribution < 1.29 is 29.5 Å². The van der Waals surface area contributed by atoms with Crippen molar-refractivity contribution in [3.8, 4) is 28.7 Å². The highest BCUT2D eigenvalue weighted by Gasteiger charge is 2.36. The second kappa shape index (κ2) is 8.94. The number of rotatable bonds is 7. The lowest BCUT2D eigenvalue weighted by Gasteiger charge is -2.35. The highest BCUT2D eigenvalue weighted by Crippen LogP contribution is 2.46. The molecule has 0 aliphatic carbocycles. The maximum atomic E-state index is 10.4. The van der Waals surface area contributed by atoms with E-state index in [1.54, 1.807) is 18.2 Å². The van der Waals surface area contributed by atoms with Gasteiger partial charge in [-0.1, -0.05) is 38.1 Å². The first kappa shape index (κ1) is 21.1. The van der Waals surface area contributed by atoms with Crippen molar-refractivity contribution >= 4 is 10.8 Å². The Labute approximate surface area is 181 Å². The minimum Gasteiger partial charge on any atom is -0.508 e. The van der Waals surface area contributed by atoms with E-state index in [1.807, 2.05) is 32.0 Å². The van der Waals surface area contributed by atoms with Gasteiger partial charge in [0, 0.05) is 41.7 Å². The van der Waals surface area contributed by atoms with Crippen LogP contribution in [0.25, 0.3) is 10.8 Å². The van der Waals surface area contributed by atoms with E-state index < -0.39 is 6.10 Å². The standard InChI is InChI=1S/C25H28O6/c1-3-9-29-21-11-15(26)12-22-19(21)14-23(30-10-4-2)25(31-22)18-13-20(27)24(28)17-8-6-5-7-16(17)18/h5-8,11-13,23,25-28H,3-4,9-10,14H2,1-2H3/t23-,25+/m1/s1. The average molecular weight is 424 g/mol. The Kier molecular flexibility index (Phi) is 6.09. The van der Waals surface area contributed by atoms with Crippen molar-refractivity contribution in [2.75, 3.05) is 13.2 Å². The summed E-state index contributed by atoms with van der Waals surface area (Å²) in [5.41, 5.74) is 1.58. The number of fused-ring (bicyclic) bond motifs is 2. The highest BCUT2D eigenvalue weighted by molar-refractivity contribution is 5.93. The van der Waals surface area contributed by atoms with Gasteiger partial charge in [0.25, 0.3) is 0 Å². The fourth-order valence-corrected chi connectivity index (χ4v) is 4.06. The Morgan fingerprint density at radius 2 is 1.71 bits per heavy atom. The molecule has 0 bridgehead atoms. The molecule has 0 saturated heterocycles. The molecule has 3 aromatic rings. The molecule has 0 saturated carbocycles. The molecule has 1 aliphatic rings.